The van der Waals surface area contributed by atoms with Gasteiger partial charge in [0.15, 0.2) is 5.65 Å². The molecule has 0 saturated carbocycles. The molecule has 7 heteroatoms. The number of hydrogen-bond donors (Lipinski definition) is 1. The predicted molar refractivity (Wildman–Crippen MR) is 126 cm³/mol. The second kappa shape index (κ2) is 7.69. The van der Waals surface area contributed by atoms with Crippen LogP contribution >= 0.6 is 34.8 Å². The summed E-state index contributed by atoms with van der Waals surface area (Å²) in [7, 11) is 0. The number of anilines is 1. The lowest BCUT2D eigenvalue weighted by molar-refractivity contribution is 0.549. The highest BCUT2D eigenvalue weighted by atomic mass is 35.5. The quantitative estimate of drug-likeness (QED) is 0.345. The predicted octanol–water partition coefficient (Wildman–Crippen LogP) is 7.20. The highest BCUT2D eigenvalue weighted by Crippen LogP contribution is 2.38. The average molecular weight is 458 g/mol. The van der Waals surface area contributed by atoms with Crippen LogP contribution in [-0.4, -0.2) is 15.0 Å². The van der Waals surface area contributed by atoms with Crippen molar-refractivity contribution in [1.82, 2.24) is 15.0 Å². The molecule has 2 aromatic carbocycles. The Morgan fingerprint density at radius 2 is 1.43 bits per heavy atom. The van der Waals surface area contributed by atoms with Gasteiger partial charge in [-0.3, -0.25) is 0 Å². The number of aromatic nitrogens is 3. The van der Waals surface area contributed by atoms with Crippen molar-refractivity contribution in [2.45, 2.75) is 26.2 Å². The Balaban J connectivity index is 2.07. The van der Waals surface area contributed by atoms with E-state index in [0.29, 0.717) is 43.4 Å². The second-order valence-electron chi connectivity index (χ2n) is 8.07. The van der Waals surface area contributed by atoms with E-state index >= 15 is 0 Å². The molecule has 0 spiro atoms. The molecule has 0 bridgehead atoms. The summed E-state index contributed by atoms with van der Waals surface area (Å²) in [5.74, 6) is 1.02. The van der Waals surface area contributed by atoms with Crippen LogP contribution in [0.4, 0.5) is 5.82 Å². The van der Waals surface area contributed by atoms with Crippen molar-refractivity contribution in [2.24, 2.45) is 0 Å². The largest absolute Gasteiger partial charge is 0.383 e. The molecule has 4 nitrogen and oxygen atoms in total. The maximum absolute atomic E-state index is 6.53. The van der Waals surface area contributed by atoms with Crippen LogP contribution in [0.3, 0.4) is 0 Å². The van der Waals surface area contributed by atoms with Gasteiger partial charge in [0.05, 0.1) is 16.1 Å². The smallest absolute Gasteiger partial charge is 0.165 e. The number of pyridine rings is 1. The number of nitrogen functional groups attached to an aromatic ring is 1. The molecule has 0 aliphatic carbocycles. The summed E-state index contributed by atoms with van der Waals surface area (Å²) in [6.45, 7) is 6.10. The van der Waals surface area contributed by atoms with Gasteiger partial charge in [0.2, 0.25) is 0 Å². The van der Waals surface area contributed by atoms with Crippen LogP contribution in [0.25, 0.3) is 33.4 Å². The van der Waals surface area contributed by atoms with Crippen molar-refractivity contribution in [3.05, 3.63) is 69.4 Å². The van der Waals surface area contributed by atoms with Gasteiger partial charge in [0.1, 0.15) is 11.6 Å². The Morgan fingerprint density at radius 1 is 0.767 bits per heavy atom. The number of fused-ring (bicyclic) bond motifs is 1. The molecule has 4 rings (SSSR count). The third-order valence-electron chi connectivity index (χ3n) is 4.73. The summed E-state index contributed by atoms with van der Waals surface area (Å²) in [6.07, 6.45) is 0. The van der Waals surface area contributed by atoms with Gasteiger partial charge in [0.25, 0.3) is 0 Å². The molecule has 0 fully saturated rings. The summed E-state index contributed by atoms with van der Waals surface area (Å²) < 4.78 is 0. The number of hydrogen-bond acceptors (Lipinski definition) is 4. The van der Waals surface area contributed by atoms with E-state index in [1.807, 2.05) is 57.2 Å². The van der Waals surface area contributed by atoms with Crippen LogP contribution in [0.1, 0.15) is 26.6 Å². The zero-order valence-corrected chi connectivity index (χ0v) is 18.9. The summed E-state index contributed by atoms with van der Waals surface area (Å²) in [6, 6.07) is 14.8. The third-order valence-corrected chi connectivity index (χ3v) is 5.53. The van der Waals surface area contributed by atoms with Crippen LogP contribution in [-0.2, 0) is 5.41 Å². The van der Waals surface area contributed by atoms with E-state index in [1.165, 1.54) is 0 Å². The van der Waals surface area contributed by atoms with Gasteiger partial charge in [-0.1, -0.05) is 67.7 Å². The van der Waals surface area contributed by atoms with Crippen LogP contribution in [0.2, 0.25) is 15.1 Å². The van der Waals surface area contributed by atoms with Crippen molar-refractivity contribution in [1.29, 1.82) is 0 Å². The fourth-order valence-electron chi connectivity index (χ4n) is 3.15. The van der Waals surface area contributed by atoms with Gasteiger partial charge in [-0.05, 0) is 42.0 Å². The van der Waals surface area contributed by atoms with E-state index in [-0.39, 0.29) is 5.41 Å². The molecule has 30 heavy (non-hydrogen) atoms. The van der Waals surface area contributed by atoms with E-state index in [1.54, 1.807) is 12.1 Å². The third kappa shape index (κ3) is 3.95. The molecule has 2 aromatic heterocycles. The Labute approximate surface area is 190 Å². The van der Waals surface area contributed by atoms with E-state index in [0.717, 1.165) is 16.7 Å². The standard InChI is InChI=1S/C23H19Cl3N4/c1-23(2,3)22-29-20(27)17-11-16(12-4-6-13(24)7-5-12)19(28-21(17)30-22)15-9-8-14(25)10-18(15)26/h4-11H,1-3H3,(H2,27,28,29,30). The summed E-state index contributed by atoms with van der Waals surface area (Å²) in [5, 5.41) is 2.39. The zero-order valence-electron chi connectivity index (χ0n) is 16.7. The van der Waals surface area contributed by atoms with E-state index in [4.69, 9.17) is 50.5 Å². The van der Waals surface area contributed by atoms with Crippen molar-refractivity contribution < 1.29 is 0 Å². The Bertz CT molecular complexity index is 1260. The monoisotopic (exact) mass is 456 g/mol. The normalized spacial score (nSPS) is 11.8. The lowest BCUT2D eigenvalue weighted by Gasteiger charge is -2.18. The average Bonchev–Trinajstić information content (AvgIpc) is 2.67. The van der Waals surface area contributed by atoms with Gasteiger partial charge in [-0.15, -0.1) is 0 Å². The van der Waals surface area contributed by atoms with E-state index in [9.17, 15) is 0 Å². The topological polar surface area (TPSA) is 64.7 Å². The van der Waals surface area contributed by atoms with Gasteiger partial charge in [-0.25, -0.2) is 15.0 Å². The maximum atomic E-state index is 6.53. The number of rotatable bonds is 2. The minimum absolute atomic E-state index is 0.267. The van der Waals surface area contributed by atoms with E-state index < -0.39 is 0 Å². The molecular weight excluding hydrogens is 439 g/mol. The number of nitrogens with two attached hydrogens (primary N) is 1. The van der Waals surface area contributed by atoms with Crippen LogP contribution < -0.4 is 5.73 Å². The Kier molecular flexibility index (Phi) is 5.35. The van der Waals surface area contributed by atoms with E-state index in [2.05, 4.69) is 4.98 Å². The van der Waals surface area contributed by atoms with Crippen LogP contribution in [0.15, 0.2) is 48.5 Å². The number of nitrogens with zero attached hydrogens (tertiary/aromatic N) is 3. The van der Waals surface area contributed by atoms with Gasteiger partial charge >= 0.3 is 0 Å². The maximum Gasteiger partial charge on any atom is 0.165 e. The van der Waals surface area contributed by atoms with Gasteiger partial charge in [-0.2, -0.15) is 0 Å². The minimum Gasteiger partial charge on any atom is -0.383 e. The summed E-state index contributed by atoms with van der Waals surface area (Å²) >= 11 is 18.7. The summed E-state index contributed by atoms with van der Waals surface area (Å²) in [4.78, 5) is 14.1. The molecule has 0 aliphatic heterocycles. The van der Waals surface area contributed by atoms with Crippen molar-refractivity contribution >= 4 is 51.7 Å². The highest BCUT2D eigenvalue weighted by Gasteiger charge is 2.22. The molecule has 2 N–H and O–H groups in total. The molecule has 152 valence electrons. The first kappa shape index (κ1) is 20.9. The first-order valence-electron chi connectivity index (χ1n) is 9.33. The molecule has 4 aromatic rings. The number of benzene rings is 2. The second-order valence-corrected chi connectivity index (χ2v) is 9.35. The molecule has 0 saturated heterocycles. The molecule has 0 amide bonds. The van der Waals surface area contributed by atoms with Gasteiger partial charge < -0.3 is 5.73 Å². The lowest BCUT2D eigenvalue weighted by atomic mass is 9.95. The Hall–Kier alpha value is -2.40. The number of halogens is 3. The molecular formula is C23H19Cl3N4. The fraction of sp³-hybridized carbons (Fsp3) is 0.174. The van der Waals surface area contributed by atoms with Crippen LogP contribution in [0.5, 0.6) is 0 Å². The zero-order chi connectivity index (χ0) is 21.6. The fourth-order valence-corrected chi connectivity index (χ4v) is 3.77. The SMILES string of the molecule is CC(C)(C)c1nc(N)c2cc(-c3ccc(Cl)cc3)c(-c3ccc(Cl)cc3Cl)nc2n1. The Morgan fingerprint density at radius 3 is 2.07 bits per heavy atom. The van der Waals surface area contributed by atoms with Crippen molar-refractivity contribution in [3.8, 4) is 22.4 Å². The first-order valence-corrected chi connectivity index (χ1v) is 10.5. The molecule has 2 heterocycles. The van der Waals surface area contributed by atoms with Crippen molar-refractivity contribution in [3.63, 3.8) is 0 Å². The summed E-state index contributed by atoms with van der Waals surface area (Å²) in [5.41, 5.74) is 9.77. The molecule has 0 unspecified atom stereocenters. The molecule has 0 radical (unpaired) electrons. The minimum atomic E-state index is -0.267. The molecule has 0 aliphatic rings. The highest BCUT2D eigenvalue weighted by molar-refractivity contribution is 6.36. The van der Waals surface area contributed by atoms with Gasteiger partial charge in [0, 0.05) is 26.6 Å². The van der Waals surface area contributed by atoms with Crippen molar-refractivity contribution in [2.75, 3.05) is 5.73 Å². The first-order chi connectivity index (χ1) is 14.1. The lowest BCUT2D eigenvalue weighted by Crippen LogP contribution is -2.17. The molecule has 0 atom stereocenters. The van der Waals surface area contributed by atoms with Crippen LogP contribution in [0, 0.1) is 0 Å².